The monoisotopic (exact) mass is 696 g/mol. The molecule has 2 aromatic carbocycles. The van der Waals surface area contributed by atoms with Crippen LogP contribution in [0.15, 0.2) is 36.4 Å². The lowest BCUT2D eigenvalue weighted by Gasteiger charge is -2.59. The Morgan fingerprint density at radius 3 is 2.55 bits per heavy atom. The highest BCUT2D eigenvalue weighted by Crippen LogP contribution is 2.68. The number of likely N-dealkylation sites (N-methyl/N-ethyl adjacent to an activating group) is 1. The number of alkyl halides is 2. The molecule has 0 aromatic heterocycles. The molecule has 2 aromatic rings. The number of amides is 3. The van der Waals surface area contributed by atoms with Crippen LogP contribution in [-0.2, 0) is 29.3 Å². The van der Waals surface area contributed by atoms with E-state index in [4.69, 9.17) is 32.7 Å². The van der Waals surface area contributed by atoms with Gasteiger partial charge in [-0.05, 0) is 55.0 Å². The normalized spacial score (nSPS) is 28.5. The number of anilines is 1. The van der Waals surface area contributed by atoms with Crippen LogP contribution in [0, 0.1) is 11.2 Å². The van der Waals surface area contributed by atoms with Crippen LogP contribution >= 0.6 is 23.2 Å². The molecule has 3 heterocycles. The number of rotatable bonds is 9. The zero-order valence-corrected chi connectivity index (χ0v) is 27.5. The number of halogens is 5. The molecule has 5 atom stereocenters. The molecular formula is C33H37Cl2F3N4O5. The molecule has 0 radical (unpaired) electrons. The lowest BCUT2D eigenvalue weighted by molar-refractivity contribution is -0.147. The maximum absolute atomic E-state index is 16.0. The summed E-state index contributed by atoms with van der Waals surface area (Å²) in [6, 6.07) is 7.48. The average molecular weight is 698 g/mol. The Kier molecular flexibility index (Phi) is 9.29. The zero-order valence-electron chi connectivity index (χ0n) is 26.0. The molecule has 4 aliphatic rings. The van der Waals surface area contributed by atoms with Gasteiger partial charge in [0.1, 0.15) is 17.3 Å². The third kappa shape index (κ3) is 5.40. The molecule has 1 saturated carbocycles. The van der Waals surface area contributed by atoms with Gasteiger partial charge in [-0.25, -0.2) is 4.39 Å². The summed E-state index contributed by atoms with van der Waals surface area (Å²) in [5, 5.41) is 9.32. The van der Waals surface area contributed by atoms with Crippen LogP contribution in [0.2, 0.25) is 10.0 Å². The number of benzene rings is 2. The van der Waals surface area contributed by atoms with E-state index in [1.807, 2.05) is 0 Å². The second-order valence-electron chi connectivity index (χ2n) is 13.3. The van der Waals surface area contributed by atoms with Crippen molar-refractivity contribution in [1.82, 2.24) is 15.5 Å². The van der Waals surface area contributed by atoms with Gasteiger partial charge in [-0.2, -0.15) is 0 Å². The topological polar surface area (TPSA) is 109 Å². The highest BCUT2D eigenvalue weighted by Gasteiger charge is 2.78. The van der Waals surface area contributed by atoms with Crippen LogP contribution in [-0.4, -0.2) is 93.6 Å². The van der Waals surface area contributed by atoms with Gasteiger partial charge in [0.25, 0.3) is 5.91 Å². The van der Waals surface area contributed by atoms with Gasteiger partial charge in [0.05, 0.1) is 43.7 Å². The minimum Gasteiger partial charge on any atom is -0.383 e. The predicted molar refractivity (Wildman–Crippen MR) is 170 cm³/mol. The first kappa shape index (κ1) is 34.0. The summed E-state index contributed by atoms with van der Waals surface area (Å²) in [5.74, 6) is -3.24. The number of hydrogen-bond donors (Lipinski definition) is 3. The maximum Gasteiger partial charge on any atom is 0.251 e. The quantitative estimate of drug-likeness (QED) is 0.361. The van der Waals surface area contributed by atoms with E-state index in [0.29, 0.717) is 42.3 Å². The Morgan fingerprint density at radius 1 is 1.15 bits per heavy atom. The first-order valence-electron chi connectivity index (χ1n) is 15.6. The summed E-state index contributed by atoms with van der Waals surface area (Å²) in [6.45, 7) is -1.10. The second kappa shape index (κ2) is 12.9. The average Bonchev–Trinajstić information content (AvgIpc) is 3.51. The van der Waals surface area contributed by atoms with Crippen LogP contribution in [0.5, 0.6) is 0 Å². The van der Waals surface area contributed by atoms with Crippen molar-refractivity contribution in [3.05, 3.63) is 63.4 Å². The van der Waals surface area contributed by atoms with Gasteiger partial charge in [0.15, 0.2) is 0 Å². The summed E-state index contributed by atoms with van der Waals surface area (Å²) >= 11 is 12.5. The van der Waals surface area contributed by atoms with Gasteiger partial charge in [-0.3, -0.25) is 28.5 Å². The van der Waals surface area contributed by atoms with Crippen molar-refractivity contribution >= 4 is 46.6 Å². The van der Waals surface area contributed by atoms with Crippen LogP contribution in [0.25, 0.3) is 0 Å². The fourth-order valence-electron chi connectivity index (χ4n) is 8.29. The fraction of sp³-hybridized carbons (Fsp3) is 0.545. The first-order chi connectivity index (χ1) is 22.5. The molecule has 0 unspecified atom stereocenters. The molecule has 14 heteroatoms. The zero-order chi connectivity index (χ0) is 33.7. The fourth-order valence-corrected chi connectivity index (χ4v) is 8.65. The largest absolute Gasteiger partial charge is 0.383 e. The third-order valence-corrected chi connectivity index (χ3v) is 11.0. The summed E-state index contributed by atoms with van der Waals surface area (Å²) in [7, 11) is 3.21. The highest BCUT2D eigenvalue weighted by molar-refractivity contribution is 6.31. The molecule has 254 valence electrons. The number of nitrogens with zero attached hydrogens (tertiary/aromatic N) is 1. The van der Waals surface area contributed by atoms with Gasteiger partial charge in [-0.15, -0.1) is 0 Å². The number of fused-ring (bicyclic) bond motifs is 3. The minimum absolute atomic E-state index is 0.0163. The number of carbonyl (C=O) groups is 3. The molecule has 9 nitrogen and oxygen atoms in total. The standard InChI is InChI=1S/C33H37Cl2F3N4O5/c1-42(10-11-46-2)29(44)24-9-7-19(13-47-24)39-28(43)27-25(20-4-3-5-22(35)26(20)38)33(32(41-27)14-31(15-32,16-36)17-37)21-8-6-18(34)12-23(21)40-30(33)45/h3-6,8,12,19,24-25,27,41H,7,9-11,13-17H2,1-2H3,(H,39,43)(H,40,45)/t19-,24+,25+,27-,33-/m1/s1. The Hall–Kier alpha value is -2.90. The Morgan fingerprint density at radius 2 is 1.89 bits per heavy atom. The molecule has 3 aliphatic heterocycles. The second-order valence-corrected chi connectivity index (χ2v) is 14.1. The number of methoxy groups -OCH3 is 1. The van der Waals surface area contributed by atoms with E-state index in [-0.39, 0.29) is 35.9 Å². The van der Waals surface area contributed by atoms with E-state index >= 15 is 4.39 Å². The number of carbonyl (C=O) groups excluding carboxylic acids is 3. The van der Waals surface area contributed by atoms with Gasteiger partial charge < -0.3 is 25.0 Å². The van der Waals surface area contributed by atoms with E-state index in [9.17, 15) is 23.2 Å². The summed E-state index contributed by atoms with van der Waals surface area (Å²) in [5.41, 5.74) is -3.49. The van der Waals surface area contributed by atoms with Crippen LogP contribution < -0.4 is 16.0 Å². The van der Waals surface area contributed by atoms with Crippen LogP contribution in [0.1, 0.15) is 42.7 Å². The molecule has 0 bridgehead atoms. The molecule has 3 N–H and O–H groups in total. The molecule has 3 amide bonds. The van der Waals surface area contributed by atoms with Crippen molar-refractivity contribution in [3.63, 3.8) is 0 Å². The van der Waals surface area contributed by atoms with Crippen molar-refractivity contribution in [2.45, 2.75) is 60.7 Å². The SMILES string of the molecule is COCCN(C)C(=O)[C@@H]1CC[C@@H](NC(=O)[C@@H]2NC3(CC(CF)(CF)C3)[C@@]3(C(=O)Nc4cc(Cl)ccc43)[C@H]2c2cccc(Cl)c2F)CO1. The smallest absolute Gasteiger partial charge is 0.251 e. The summed E-state index contributed by atoms with van der Waals surface area (Å²) < 4.78 is 55.7. The van der Waals surface area contributed by atoms with E-state index in [1.165, 1.54) is 23.1 Å². The molecular weight excluding hydrogens is 660 g/mol. The Bertz CT molecular complexity index is 1560. The predicted octanol–water partition coefficient (Wildman–Crippen LogP) is 4.30. The van der Waals surface area contributed by atoms with E-state index in [2.05, 4.69) is 16.0 Å². The summed E-state index contributed by atoms with van der Waals surface area (Å²) in [4.78, 5) is 43.0. The molecule has 2 saturated heterocycles. The van der Waals surface area contributed by atoms with E-state index in [1.54, 1.807) is 32.4 Å². The molecule has 1 aliphatic carbocycles. The van der Waals surface area contributed by atoms with Crippen molar-refractivity contribution < 1.29 is 37.0 Å². The van der Waals surface area contributed by atoms with Crippen molar-refractivity contribution in [1.29, 1.82) is 0 Å². The highest BCUT2D eigenvalue weighted by atomic mass is 35.5. The summed E-state index contributed by atoms with van der Waals surface area (Å²) in [6.07, 6.45) is -0.126. The molecule has 47 heavy (non-hydrogen) atoms. The number of nitrogens with one attached hydrogen (secondary N) is 3. The van der Waals surface area contributed by atoms with Gasteiger partial charge >= 0.3 is 0 Å². The van der Waals surface area contributed by atoms with Crippen molar-refractivity contribution in [3.8, 4) is 0 Å². The number of ether oxygens (including phenoxy) is 2. The lowest BCUT2D eigenvalue weighted by atomic mass is 9.46. The molecule has 6 rings (SSSR count). The van der Waals surface area contributed by atoms with E-state index in [0.717, 1.165) is 0 Å². The third-order valence-electron chi connectivity index (χ3n) is 10.4. The lowest BCUT2D eigenvalue weighted by Crippen LogP contribution is -2.70. The van der Waals surface area contributed by atoms with Gasteiger partial charge in [0, 0.05) is 48.3 Å². The maximum atomic E-state index is 16.0. The van der Waals surface area contributed by atoms with Crippen LogP contribution in [0.3, 0.4) is 0 Å². The van der Waals surface area contributed by atoms with Gasteiger partial charge in [-0.1, -0.05) is 41.4 Å². The molecule has 2 spiro atoms. The van der Waals surface area contributed by atoms with Crippen molar-refractivity contribution in [2.75, 3.05) is 52.6 Å². The first-order valence-corrected chi connectivity index (χ1v) is 16.3. The van der Waals surface area contributed by atoms with Gasteiger partial charge in [0.2, 0.25) is 11.8 Å². The molecule has 3 fully saturated rings. The van der Waals surface area contributed by atoms with E-state index < -0.39 is 71.5 Å². The minimum atomic E-state index is -1.65. The Labute approximate surface area is 280 Å². The van der Waals surface area contributed by atoms with Crippen LogP contribution in [0.4, 0.5) is 18.9 Å². The number of hydrogen-bond acceptors (Lipinski definition) is 6. The van der Waals surface area contributed by atoms with Crippen molar-refractivity contribution in [2.24, 2.45) is 5.41 Å². The Balaban J connectivity index is 1.36.